The zero-order valence-corrected chi connectivity index (χ0v) is 16.5. The molecule has 1 N–H and O–H groups in total. The maximum atomic E-state index is 13.3. The lowest BCUT2D eigenvalue weighted by Gasteiger charge is -2.19. The van der Waals surface area contributed by atoms with Gasteiger partial charge in [-0.3, -0.25) is 4.79 Å². The minimum absolute atomic E-state index is 0.155. The minimum atomic E-state index is -0.517. The average Bonchev–Trinajstić information content (AvgIpc) is 3.16. The van der Waals surface area contributed by atoms with E-state index in [4.69, 9.17) is 9.47 Å². The summed E-state index contributed by atoms with van der Waals surface area (Å²) in [7, 11) is 1.84. The summed E-state index contributed by atoms with van der Waals surface area (Å²) < 4.78 is 26.2. The molecule has 1 amide bonds. The van der Waals surface area contributed by atoms with Crippen LogP contribution in [0.25, 0.3) is 0 Å². The second kappa shape index (κ2) is 9.73. The van der Waals surface area contributed by atoms with Crippen molar-refractivity contribution in [2.75, 3.05) is 13.2 Å². The van der Waals surface area contributed by atoms with Crippen molar-refractivity contribution in [1.82, 2.24) is 14.9 Å². The number of carbonyl (C=O) groups excluding carboxylic acids is 1. The number of carbonyl (C=O) groups is 1. The predicted octanol–water partition coefficient (Wildman–Crippen LogP) is 3.63. The molecule has 0 spiro atoms. The highest BCUT2D eigenvalue weighted by molar-refractivity contribution is 5.78. The molecule has 1 atom stereocenters. The van der Waals surface area contributed by atoms with Gasteiger partial charge in [0, 0.05) is 19.4 Å². The van der Waals surface area contributed by atoms with Crippen molar-refractivity contribution in [1.29, 1.82) is 0 Å². The molecule has 29 heavy (non-hydrogen) atoms. The quantitative estimate of drug-likeness (QED) is 0.599. The highest BCUT2D eigenvalue weighted by Crippen LogP contribution is 2.21. The second-order valence-corrected chi connectivity index (χ2v) is 6.56. The van der Waals surface area contributed by atoms with Crippen LogP contribution in [0.5, 0.6) is 11.5 Å². The smallest absolute Gasteiger partial charge is 0.258 e. The van der Waals surface area contributed by atoms with Gasteiger partial charge in [-0.25, -0.2) is 9.37 Å². The summed E-state index contributed by atoms with van der Waals surface area (Å²) >= 11 is 0. The van der Waals surface area contributed by atoms with Crippen LogP contribution in [0.15, 0.2) is 60.9 Å². The Morgan fingerprint density at radius 2 is 1.76 bits per heavy atom. The van der Waals surface area contributed by atoms with E-state index in [0.717, 1.165) is 17.7 Å². The Morgan fingerprint density at radius 3 is 2.34 bits per heavy atom. The van der Waals surface area contributed by atoms with Crippen LogP contribution in [-0.4, -0.2) is 28.7 Å². The summed E-state index contributed by atoms with van der Waals surface area (Å²) in [5, 5.41) is 2.91. The van der Waals surface area contributed by atoms with E-state index in [0.29, 0.717) is 18.2 Å². The summed E-state index contributed by atoms with van der Waals surface area (Å²) in [4.78, 5) is 16.8. The van der Waals surface area contributed by atoms with Gasteiger partial charge in [0.05, 0.1) is 6.61 Å². The molecule has 0 saturated heterocycles. The summed E-state index contributed by atoms with van der Waals surface area (Å²) in [6, 6.07) is 12.6. The summed E-state index contributed by atoms with van der Waals surface area (Å²) in [5.74, 6) is 1.32. The Morgan fingerprint density at radius 1 is 1.10 bits per heavy atom. The number of aryl methyl sites for hydroxylation is 1. The molecule has 0 saturated carbocycles. The van der Waals surface area contributed by atoms with Gasteiger partial charge in [-0.1, -0.05) is 19.1 Å². The number of rotatable bonds is 9. The highest BCUT2D eigenvalue weighted by Gasteiger charge is 2.21. The van der Waals surface area contributed by atoms with Gasteiger partial charge in [0.2, 0.25) is 0 Å². The number of amides is 1. The molecule has 0 radical (unpaired) electrons. The molecule has 6 nitrogen and oxygen atoms in total. The lowest BCUT2D eigenvalue weighted by molar-refractivity contribution is -0.123. The first-order valence-electron chi connectivity index (χ1n) is 9.44. The number of benzene rings is 2. The van der Waals surface area contributed by atoms with Crippen molar-refractivity contribution in [3.05, 3.63) is 78.1 Å². The van der Waals surface area contributed by atoms with E-state index in [1.165, 1.54) is 12.1 Å². The number of imidazole rings is 1. The maximum absolute atomic E-state index is 13.3. The van der Waals surface area contributed by atoms with Crippen LogP contribution in [0.3, 0.4) is 0 Å². The molecule has 1 unspecified atom stereocenters. The predicted molar refractivity (Wildman–Crippen MR) is 107 cm³/mol. The summed E-state index contributed by atoms with van der Waals surface area (Å²) in [5.41, 5.74) is 0.728. The maximum Gasteiger partial charge on any atom is 0.258 e. The molecular weight excluding hydrogens is 373 g/mol. The summed E-state index contributed by atoms with van der Waals surface area (Å²) in [6.45, 7) is 2.54. The van der Waals surface area contributed by atoms with Crippen molar-refractivity contribution >= 4 is 5.91 Å². The number of ether oxygens (including phenoxy) is 2. The first kappa shape index (κ1) is 20.4. The van der Waals surface area contributed by atoms with Crippen molar-refractivity contribution in [3.63, 3.8) is 0 Å². The van der Waals surface area contributed by atoms with Crippen LogP contribution in [0, 0.1) is 5.82 Å². The molecule has 0 fully saturated rings. The topological polar surface area (TPSA) is 65.4 Å². The van der Waals surface area contributed by atoms with Gasteiger partial charge in [-0.2, -0.15) is 0 Å². The fraction of sp³-hybridized carbons (Fsp3) is 0.273. The largest absolute Gasteiger partial charge is 0.494 e. The average molecular weight is 397 g/mol. The molecule has 0 bridgehead atoms. The summed E-state index contributed by atoms with van der Waals surface area (Å²) in [6.07, 6.45) is 4.37. The van der Waals surface area contributed by atoms with Gasteiger partial charge < -0.3 is 19.4 Å². The number of hydrogen-bond acceptors (Lipinski definition) is 4. The number of aromatic nitrogens is 2. The van der Waals surface area contributed by atoms with Crippen LogP contribution in [0.1, 0.15) is 30.8 Å². The van der Waals surface area contributed by atoms with Crippen LogP contribution < -0.4 is 14.8 Å². The van der Waals surface area contributed by atoms with E-state index >= 15 is 0 Å². The highest BCUT2D eigenvalue weighted by atomic mass is 19.1. The van der Waals surface area contributed by atoms with E-state index in [1.807, 2.05) is 18.5 Å². The van der Waals surface area contributed by atoms with Crippen LogP contribution in [-0.2, 0) is 11.8 Å². The van der Waals surface area contributed by atoms with Gasteiger partial charge in [0.25, 0.3) is 5.91 Å². The van der Waals surface area contributed by atoms with Crippen LogP contribution in [0.2, 0.25) is 0 Å². The number of nitrogens with one attached hydrogen (secondary N) is 1. The molecule has 2 aromatic carbocycles. The first-order valence-corrected chi connectivity index (χ1v) is 9.44. The molecule has 0 aliphatic heterocycles. The zero-order chi connectivity index (χ0) is 20.6. The fourth-order valence-corrected chi connectivity index (χ4v) is 2.81. The van der Waals surface area contributed by atoms with Crippen molar-refractivity contribution in [2.24, 2.45) is 7.05 Å². The third-order valence-corrected chi connectivity index (χ3v) is 4.29. The molecule has 1 heterocycles. The Kier molecular flexibility index (Phi) is 6.84. The van der Waals surface area contributed by atoms with Crippen molar-refractivity contribution in [2.45, 2.75) is 19.4 Å². The Hall–Kier alpha value is -3.35. The second-order valence-electron chi connectivity index (χ2n) is 6.56. The Balaban J connectivity index is 1.64. The van der Waals surface area contributed by atoms with Gasteiger partial charge >= 0.3 is 0 Å². The zero-order valence-electron chi connectivity index (χ0n) is 16.5. The standard InChI is InChI=1S/C22H24FN3O3/c1-3-14-28-18-8-10-19(11-9-18)29-15-20(27)25-21(22-24-12-13-26(22)2)16-4-6-17(23)7-5-16/h4-13,21H,3,14-15H2,1-2H3,(H,25,27). The lowest BCUT2D eigenvalue weighted by Crippen LogP contribution is -2.34. The Labute approximate surface area is 169 Å². The van der Waals surface area contributed by atoms with Gasteiger partial charge in [-0.15, -0.1) is 0 Å². The van der Waals surface area contributed by atoms with Gasteiger partial charge in [-0.05, 0) is 48.4 Å². The van der Waals surface area contributed by atoms with Gasteiger partial charge in [0.1, 0.15) is 29.2 Å². The molecule has 7 heteroatoms. The molecule has 1 aromatic heterocycles. The van der Waals surface area contributed by atoms with Crippen LogP contribution in [0.4, 0.5) is 4.39 Å². The minimum Gasteiger partial charge on any atom is -0.494 e. The SMILES string of the molecule is CCCOc1ccc(OCC(=O)NC(c2ccc(F)cc2)c2nccn2C)cc1. The normalized spacial score (nSPS) is 11.7. The molecule has 0 aliphatic rings. The van der Waals surface area contributed by atoms with E-state index in [9.17, 15) is 9.18 Å². The van der Waals surface area contributed by atoms with E-state index in [2.05, 4.69) is 10.3 Å². The molecule has 0 aliphatic carbocycles. The van der Waals surface area contributed by atoms with E-state index < -0.39 is 6.04 Å². The molecule has 152 valence electrons. The third-order valence-electron chi connectivity index (χ3n) is 4.29. The monoisotopic (exact) mass is 397 g/mol. The van der Waals surface area contributed by atoms with Crippen molar-refractivity contribution in [3.8, 4) is 11.5 Å². The molecular formula is C22H24FN3O3. The lowest BCUT2D eigenvalue weighted by atomic mass is 10.1. The first-order chi connectivity index (χ1) is 14.1. The molecule has 3 aromatic rings. The number of hydrogen-bond donors (Lipinski definition) is 1. The van der Waals surface area contributed by atoms with Crippen LogP contribution >= 0.6 is 0 Å². The molecule has 3 rings (SSSR count). The van der Waals surface area contributed by atoms with E-state index in [1.54, 1.807) is 48.8 Å². The number of nitrogens with zero attached hydrogens (tertiary/aromatic N) is 2. The van der Waals surface area contributed by atoms with Crippen molar-refractivity contribution < 1.29 is 18.7 Å². The number of halogens is 1. The van der Waals surface area contributed by atoms with E-state index in [-0.39, 0.29) is 18.3 Å². The third kappa shape index (κ3) is 5.57. The van der Waals surface area contributed by atoms with Gasteiger partial charge in [0.15, 0.2) is 6.61 Å². The Bertz CT molecular complexity index is 923. The fourth-order valence-electron chi connectivity index (χ4n) is 2.81.